The Morgan fingerprint density at radius 3 is 2.61 bits per heavy atom. The van der Waals surface area contributed by atoms with Crippen LogP contribution in [-0.2, 0) is 11.3 Å². The van der Waals surface area contributed by atoms with E-state index < -0.39 is 0 Å². The molecule has 2 fully saturated rings. The molecule has 2 atom stereocenters. The molecule has 3 rings (SSSR count). The van der Waals surface area contributed by atoms with E-state index in [9.17, 15) is 4.79 Å². The van der Waals surface area contributed by atoms with Crippen LogP contribution >= 0.6 is 11.6 Å². The van der Waals surface area contributed by atoms with Gasteiger partial charge >= 0.3 is 0 Å². The molecule has 2 saturated carbocycles. The summed E-state index contributed by atoms with van der Waals surface area (Å²) in [5.74, 6) is 1.54. The van der Waals surface area contributed by atoms with Crippen molar-refractivity contribution in [2.24, 2.45) is 23.5 Å². The molecule has 2 aliphatic rings. The molecule has 0 aliphatic heterocycles. The van der Waals surface area contributed by atoms with E-state index >= 15 is 0 Å². The quantitative estimate of drug-likeness (QED) is 0.909. The summed E-state index contributed by atoms with van der Waals surface area (Å²) in [5.41, 5.74) is 7.45. The molecule has 1 amide bonds. The van der Waals surface area contributed by atoms with E-state index in [2.05, 4.69) is 6.92 Å². The van der Waals surface area contributed by atoms with Crippen LogP contribution in [0.15, 0.2) is 24.3 Å². The number of hydrogen-bond donors (Lipinski definition) is 1. The molecule has 126 valence electrons. The average Bonchev–Trinajstić information content (AvgIpc) is 2.52. The van der Waals surface area contributed by atoms with Gasteiger partial charge in [0, 0.05) is 30.1 Å². The highest BCUT2D eigenvalue weighted by Gasteiger charge is 2.41. The molecular weight excluding hydrogens is 308 g/mol. The zero-order chi connectivity index (χ0) is 16.4. The monoisotopic (exact) mass is 334 g/mol. The van der Waals surface area contributed by atoms with Crippen LogP contribution in [0.25, 0.3) is 0 Å². The SMILES string of the molecule is CCN(Cc1cccc(Cl)c1)C(=O)C1CC2CCCC(C1)C2N. The Balaban J connectivity index is 1.68. The first-order chi connectivity index (χ1) is 11.1. The zero-order valence-electron chi connectivity index (χ0n) is 13.9. The van der Waals surface area contributed by atoms with Crippen LogP contribution in [0.2, 0.25) is 5.02 Å². The molecule has 2 unspecified atom stereocenters. The topological polar surface area (TPSA) is 46.3 Å². The minimum Gasteiger partial charge on any atom is -0.338 e. The average molecular weight is 335 g/mol. The van der Waals surface area contributed by atoms with Gasteiger partial charge in [0.15, 0.2) is 0 Å². The number of rotatable bonds is 4. The minimum atomic E-state index is 0.157. The lowest BCUT2D eigenvalue weighted by Gasteiger charge is -2.44. The van der Waals surface area contributed by atoms with Gasteiger partial charge in [-0.1, -0.05) is 30.2 Å². The molecule has 0 heterocycles. The van der Waals surface area contributed by atoms with E-state index in [1.54, 1.807) is 0 Å². The largest absolute Gasteiger partial charge is 0.338 e. The van der Waals surface area contributed by atoms with Crippen LogP contribution in [0.1, 0.15) is 44.6 Å². The smallest absolute Gasteiger partial charge is 0.225 e. The number of amides is 1. The minimum absolute atomic E-state index is 0.157. The first-order valence-corrected chi connectivity index (χ1v) is 9.25. The Kier molecular flexibility index (Phi) is 5.27. The maximum atomic E-state index is 13.0. The molecule has 0 radical (unpaired) electrons. The highest BCUT2D eigenvalue weighted by atomic mass is 35.5. The van der Waals surface area contributed by atoms with Crippen molar-refractivity contribution >= 4 is 17.5 Å². The molecule has 0 aromatic heterocycles. The van der Waals surface area contributed by atoms with Crippen LogP contribution in [0.5, 0.6) is 0 Å². The van der Waals surface area contributed by atoms with E-state index in [0.717, 1.165) is 30.0 Å². The fourth-order valence-electron chi connectivity index (χ4n) is 4.45. The van der Waals surface area contributed by atoms with Gasteiger partial charge < -0.3 is 10.6 Å². The van der Waals surface area contributed by atoms with Crippen molar-refractivity contribution in [3.05, 3.63) is 34.9 Å². The van der Waals surface area contributed by atoms with Gasteiger partial charge in [0.1, 0.15) is 0 Å². The number of fused-ring (bicyclic) bond motifs is 2. The van der Waals surface area contributed by atoms with Gasteiger partial charge in [-0.2, -0.15) is 0 Å². The normalized spacial score (nSPS) is 30.0. The second-order valence-corrected chi connectivity index (χ2v) is 7.62. The van der Waals surface area contributed by atoms with Crippen molar-refractivity contribution in [2.75, 3.05) is 6.54 Å². The lowest BCUT2D eigenvalue weighted by Crippen LogP contribution is -2.49. The Hall–Kier alpha value is -1.06. The molecule has 23 heavy (non-hydrogen) atoms. The third-order valence-corrected chi connectivity index (χ3v) is 5.95. The predicted octanol–water partition coefficient (Wildman–Crippen LogP) is 3.84. The maximum Gasteiger partial charge on any atom is 0.225 e. The predicted molar refractivity (Wildman–Crippen MR) is 94.1 cm³/mol. The highest BCUT2D eigenvalue weighted by Crippen LogP contribution is 2.42. The summed E-state index contributed by atoms with van der Waals surface area (Å²) in [6.45, 7) is 3.44. The standard InChI is InChI=1S/C19H27ClN2O/c1-2-22(12-13-5-3-8-17(20)9-13)19(23)16-10-14-6-4-7-15(11-16)18(14)21/h3,5,8-9,14-16,18H,2,4,6-7,10-12,21H2,1H3. The van der Waals surface area contributed by atoms with Gasteiger partial charge in [-0.3, -0.25) is 4.79 Å². The van der Waals surface area contributed by atoms with Crippen LogP contribution in [-0.4, -0.2) is 23.4 Å². The zero-order valence-corrected chi connectivity index (χ0v) is 14.6. The third kappa shape index (κ3) is 3.72. The summed E-state index contributed by atoms with van der Waals surface area (Å²) in [6, 6.07) is 8.11. The Morgan fingerprint density at radius 1 is 1.30 bits per heavy atom. The highest BCUT2D eigenvalue weighted by molar-refractivity contribution is 6.30. The van der Waals surface area contributed by atoms with Crippen LogP contribution < -0.4 is 5.73 Å². The Bertz CT molecular complexity index is 548. The number of carbonyl (C=O) groups excluding carboxylic acids is 1. The van der Waals surface area contributed by atoms with E-state index in [1.165, 1.54) is 19.3 Å². The van der Waals surface area contributed by atoms with Crippen LogP contribution in [0, 0.1) is 17.8 Å². The number of halogens is 1. The van der Waals surface area contributed by atoms with Gasteiger partial charge in [0.2, 0.25) is 5.91 Å². The second kappa shape index (κ2) is 7.23. The first kappa shape index (κ1) is 16.8. The molecule has 4 heteroatoms. The molecule has 0 spiro atoms. The molecule has 2 aliphatic carbocycles. The van der Waals surface area contributed by atoms with Gasteiger partial charge in [-0.05, 0) is 62.1 Å². The van der Waals surface area contributed by atoms with Gasteiger partial charge in [-0.25, -0.2) is 0 Å². The Labute approximate surface area is 144 Å². The van der Waals surface area contributed by atoms with Gasteiger partial charge in [0.25, 0.3) is 0 Å². The van der Waals surface area contributed by atoms with Crippen molar-refractivity contribution in [3.63, 3.8) is 0 Å². The molecule has 1 aromatic carbocycles. The summed E-state index contributed by atoms with van der Waals surface area (Å²) in [7, 11) is 0. The van der Waals surface area contributed by atoms with E-state index in [-0.39, 0.29) is 5.92 Å². The van der Waals surface area contributed by atoms with E-state index in [1.807, 2.05) is 29.2 Å². The van der Waals surface area contributed by atoms with Crippen LogP contribution in [0.3, 0.4) is 0 Å². The van der Waals surface area contributed by atoms with Crippen molar-refractivity contribution in [3.8, 4) is 0 Å². The third-order valence-electron chi connectivity index (χ3n) is 5.72. The summed E-state index contributed by atoms with van der Waals surface area (Å²) >= 11 is 6.06. The fourth-order valence-corrected chi connectivity index (χ4v) is 4.66. The van der Waals surface area contributed by atoms with E-state index in [4.69, 9.17) is 17.3 Å². The van der Waals surface area contributed by atoms with E-state index in [0.29, 0.717) is 30.3 Å². The molecule has 1 aromatic rings. The van der Waals surface area contributed by atoms with Crippen molar-refractivity contribution in [1.82, 2.24) is 4.90 Å². The summed E-state index contributed by atoms with van der Waals surface area (Å²) < 4.78 is 0. The lowest BCUT2D eigenvalue weighted by atomic mass is 9.65. The Morgan fingerprint density at radius 2 is 2.00 bits per heavy atom. The summed E-state index contributed by atoms with van der Waals surface area (Å²) in [5, 5.41) is 0.726. The van der Waals surface area contributed by atoms with Gasteiger partial charge in [0.05, 0.1) is 0 Å². The van der Waals surface area contributed by atoms with Crippen LogP contribution in [0.4, 0.5) is 0 Å². The first-order valence-electron chi connectivity index (χ1n) is 8.87. The maximum absolute atomic E-state index is 13.0. The number of nitrogens with zero attached hydrogens (tertiary/aromatic N) is 1. The van der Waals surface area contributed by atoms with Crippen molar-refractivity contribution < 1.29 is 4.79 Å². The number of benzene rings is 1. The molecule has 3 nitrogen and oxygen atoms in total. The lowest BCUT2D eigenvalue weighted by molar-refractivity contribution is -0.139. The number of nitrogens with two attached hydrogens (primary N) is 1. The fraction of sp³-hybridized carbons (Fsp3) is 0.632. The molecule has 2 bridgehead atoms. The van der Waals surface area contributed by atoms with Crippen molar-refractivity contribution in [2.45, 2.75) is 51.6 Å². The summed E-state index contributed by atoms with van der Waals surface area (Å²) in [6.07, 6.45) is 5.62. The second-order valence-electron chi connectivity index (χ2n) is 7.18. The van der Waals surface area contributed by atoms with Crippen molar-refractivity contribution in [1.29, 1.82) is 0 Å². The van der Waals surface area contributed by atoms with Gasteiger partial charge in [-0.15, -0.1) is 0 Å². The summed E-state index contributed by atoms with van der Waals surface area (Å²) in [4.78, 5) is 15.0. The number of carbonyl (C=O) groups is 1. The molecule has 0 saturated heterocycles. The molecule has 2 N–H and O–H groups in total. The number of hydrogen-bond acceptors (Lipinski definition) is 2. The molecular formula is C19H27ClN2O.